The highest BCUT2D eigenvalue weighted by Gasteiger charge is 2.13. The Morgan fingerprint density at radius 1 is 1.28 bits per heavy atom. The van der Waals surface area contributed by atoms with Crippen LogP contribution in [0.2, 0.25) is 0 Å². The Bertz CT molecular complexity index is 593. The van der Waals surface area contributed by atoms with Gasteiger partial charge in [-0.2, -0.15) is 5.10 Å². The van der Waals surface area contributed by atoms with E-state index in [1.165, 1.54) is 30.6 Å². The fourth-order valence-electron chi connectivity index (χ4n) is 1.36. The average molecular weight is 268 g/mol. The lowest BCUT2D eigenvalue weighted by Gasteiger charge is -2.05. The van der Waals surface area contributed by atoms with Crippen LogP contribution in [0.15, 0.2) is 35.5 Å². The van der Waals surface area contributed by atoms with Crippen LogP contribution >= 0.6 is 0 Å². The van der Waals surface area contributed by atoms with Crippen LogP contribution in [0, 0.1) is 0 Å². The SMILES string of the molecule is O=S(=O)(NCCc1ncn[nH]1)c1ccc(O)cc1. The van der Waals surface area contributed by atoms with Crippen LogP contribution in [0.4, 0.5) is 0 Å². The number of rotatable bonds is 5. The van der Waals surface area contributed by atoms with Crippen molar-refractivity contribution < 1.29 is 13.5 Å². The highest BCUT2D eigenvalue weighted by molar-refractivity contribution is 7.89. The van der Waals surface area contributed by atoms with Crippen molar-refractivity contribution in [2.75, 3.05) is 6.54 Å². The third-order valence-corrected chi connectivity index (χ3v) is 3.74. The molecule has 0 aliphatic heterocycles. The number of aromatic hydroxyl groups is 1. The van der Waals surface area contributed by atoms with Crippen LogP contribution in [0.1, 0.15) is 5.82 Å². The predicted molar refractivity (Wildman–Crippen MR) is 63.4 cm³/mol. The number of H-pyrrole nitrogens is 1. The first-order valence-corrected chi connectivity index (χ1v) is 6.69. The number of phenolic OH excluding ortho intramolecular Hbond substituents is 1. The fourth-order valence-corrected chi connectivity index (χ4v) is 2.40. The Hall–Kier alpha value is -1.93. The van der Waals surface area contributed by atoms with Crippen LogP contribution < -0.4 is 4.72 Å². The van der Waals surface area contributed by atoms with Crippen LogP contribution in [0.3, 0.4) is 0 Å². The minimum atomic E-state index is -3.55. The largest absolute Gasteiger partial charge is 0.508 e. The standard InChI is InChI=1S/C10H12N4O3S/c15-8-1-3-9(4-2-8)18(16,17)13-6-5-10-11-7-12-14-10/h1-4,7,13,15H,5-6H2,(H,11,12,14). The van der Waals surface area contributed by atoms with Crippen molar-refractivity contribution >= 4 is 10.0 Å². The van der Waals surface area contributed by atoms with E-state index in [-0.39, 0.29) is 17.2 Å². The summed E-state index contributed by atoms with van der Waals surface area (Å²) in [6, 6.07) is 5.33. The Balaban J connectivity index is 1.97. The maximum atomic E-state index is 11.8. The van der Waals surface area contributed by atoms with Gasteiger partial charge in [0.25, 0.3) is 0 Å². The molecule has 0 amide bonds. The first-order valence-electron chi connectivity index (χ1n) is 5.21. The summed E-state index contributed by atoms with van der Waals surface area (Å²) in [5.74, 6) is 0.638. The van der Waals surface area contributed by atoms with Crippen LogP contribution in [0.5, 0.6) is 5.75 Å². The zero-order valence-electron chi connectivity index (χ0n) is 9.37. The molecule has 18 heavy (non-hydrogen) atoms. The molecule has 0 fully saturated rings. The second-order valence-electron chi connectivity index (χ2n) is 3.57. The number of nitrogens with one attached hydrogen (secondary N) is 2. The molecule has 0 radical (unpaired) electrons. The van der Waals surface area contributed by atoms with E-state index in [4.69, 9.17) is 5.11 Å². The summed E-state index contributed by atoms with van der Waals surface area (Å²) in [5.41, 5.74) is 0. The van der Waals surface area contributed by atoms with Crippen LogP contribution in [-0.2, 0) is 16.4 Å². The number of sulfonamides is 1. The van der Waals surface area contributed by atoms with Gasteiger partial charge in [0.15, 0.2) is 0 Å². The molecule has 7 nitrogen and oxygen atoms in total. The normalized spacial score (nSPS) is 11.6. The number of hydrogen-bond donors (Lipinski definition) is 3. The molecule has 2 rings (SSSR count). The predicted octanol–water partition coefficient (Wildman–Crippen LogP) is 0.0313. The van der Waals surface area contributed by atoms with Crippen molar-refractivity contribution in [2.45, 2.75) is 11.3 Å². The molecule has 96 valence electrons. The smallest absolute Gasteiger partial charge is 0.240 e. The van der Waals surface area contributed by atoms with Gasteiger partial charge in [-0.3, -0.25) is 5.10 Å². The van der Waals surface area contributed by atoms with Gasteiger partial charge in [-0.05, 0) is 24.3 Å². The van der Waals surface area contributed by atoms with Crippen molar-refractivity contribution in [3.63, 3.8) is 0 Å². The topological polar surface area (TPSA) is 108 Å². The zero-order chi connectivity index (χ0) is 13.0. The third-order valence-electron chi connectivity index (χ3n) is 2.27. The molecule has 0 aliphatic rings. The molecule has 0 aliphatic carbocycles. The van der Waals surface area contributed by atoms with Gasteiger partial charge in [0.2, 0.25) is 10.0 Å². The van der Waals surface area contributed by atoms with Crippen molar-refractivity contribution in [1.29, 1.82) is 0 Å². The van der Waals surface area contributed by atoms with Gasteiger partial charge in [-0.15, -0.1) is 0 Å². The number of aromatic amines is 1. The summed E-state index contributed by atoms with van der Waals surface area (Å²) in [7, 11) is -3.55. The van der Waals surface area contributed by atoms with Crippen LogP contribution in [0.25, 0.3) is 0 Å². The third kappa shape index (κ3) is 3.05. The molecular weight excluding hydrogens is 256 g/mol. The fraction of sp³-hybridized carbons (Fsp3) is 0.200. The molecule has 2 aromatic rings. The zero-order valence-corrected chi connectivity index (χ0v) is 10.2. The molecule has 0 unspecified atom stereocenters. The number of benzene rings is 1. The number of hydrogen-bond acceptors (Lipinski definition) is 5. The Morgan fingerprint density at radius 2 is 2.00 bits per heavy atom. The molecule has 3 N–H and O–H groups in total. The van der Waals surface area contributed by atoms with Gasteiger partial charge in [-0.25, -0.2) is 18.1 Å². The van der Waals surface area contributed by atoms with Crippen LogP contribution in [-0.4, -0.2) is 35.3 Å². The highest BCUT2D eigenvalue weighted by Crippen LogP contribution is 2.13. The summed E-state index contributed by atoms with van der Waals surface area (Å²) in [6.45, 7) is 0.221. The maximum absolute atomic E-state index is 11.8. The van der Waals surface area contributed by atoms with Crippen molar-refractivity contribution in [3.05, 3.63) is 36.4 Å². The first kappa shape index (κ1) is 12.5. The molecule has 1 heterocycles. The van der Waals surface area contributed by atoms with E-state index in [9.17, 15) is 8.42 Å². The van der Waals surface area contributed by atoms with Gasteiger partial charge in [0, 0.05) is 13.0 Å². The lowest BCUT2D eigenvalue weighted by Crippen LogP contribution is -2.26. The molecule has 0 spiro atoms. The van der Waals surface area contributed by atoms with E-state index in [1.54, 1.807) is 0 Å². The van der Waals surface area contributed by atoms with Crippen molar-refractivity contribution in [2.24, 2.45) is 0 Å². The van der Waals surface area contributed by atoms with Gasteiger partial charge >= 0.3 is 0 Å². The summed E-state index contributed by atoms with van der Waals surface area (Å²) < 4.78 is 26.1. The minimum Gasteiger partial charge on any atom is -0.508 e. The molecule has 0 saturated heterocycles. The summed E-state index contributed by atoms with van der Waals surface area (Å²) in [6.07, 6.45) is 1.79. The lowest BCUT2D eigenvalue weighted by atomic mass is 10.3. The minimum absolute atomic E-state index is 0.0237. The molecule has 8 heteroatoms. The van der Waals surface area contributed by atoms with E-state index in [0.717, 1.165) is 0 Å². The summed E-state index contributed by atoms with van der Waals surface area (Å²) in [4.78, 5) is 3.99. The summed E-state index contributed by atoms with van der Waals surface area (Å²) >= 11 is 0. The van der Waals surface area contributed by atoms with E-state index in [0.29, 0.717) is 12.2 Å². The second kappa shape index (κ2) is 5.15. The van der Waals surface area contributed by atoms with E-state index in [1.807, 2.05) is 0 Å². The summed E-state index contributed by atoms with van der Waals surface area (Å²) in [5, 5.41) is 15.4. The Morgan fingerprint density at radius 3 is 2.61 bits per heavy atom. The van der Waals surface area contributed by atoms with Gasteiger partial charge in [-0.1, -0.05) is 0 Å². The molecule has 0 saturated carbocycles. The molecule has 0 atom stereocenters. The number of nitrogens with zero attached hydrogens (tertiary/aromatic N) is 2. The number of aromatic nitrogens is 3. The van der Waals surface area contributed by atoms with Crippen molar-refractivity contribution in [1.82, 2.24) is 19.9 Å². The lowest BCUT2D eigenvalue weighted by molar-refractivity contribution is 0.474. The number of phenols is 1. The molecule has 1 aromatic carbocycles. The first-order chi connectivity index (χ1) is 8.58. The monoisotopic (exact) mass is 268 g/mol. The van der Waals surface area contributed by atoms with Gasteiger partial charge < -0.3 is 5.11 Å². The molecule has 0 bridgehead atoms. The molecule has 1 aromatic heterocycles. The van der Waals surface area contributed by atoms with Gasteiger partial charge in [0.1, 0.15) is 17.9 Å². The Kier molecular flexibility index (Phi) is 3.58. The second-order valence-corrected chi connectivity index (χ2v) is 5.34. The molecular formula is C10H12N4O3S. The maximum Gasteiger partial charge on any atom is 0.240 e. The van der Waals surface area contributed by atoms with E-state index < -0.39 is 10.0 Å². The van der Waals surface area contributed by atoms with Crippen molar-refractivity contribution in [3.8, 4) is 5.75 Å². The van der Waals surface area contributed by atoms with E-state index in [2.05, 4.69) is 19.9 Å². The average Bonchev–Trinajstić information content (AvgIpc) is 2.82. The quantitative estimate of drug-likeness (QED) is 0.709. The highest BCUT2D eigenvalue weighted by atomic mass is 32.2. The van der Waals surface area contributed by atoms with E-state index >= 15 is 0 Å². The Labute approximate surface area is 104 Å². The van der Waals surface area contributed by atoms with Gasteiger partial charge in [0.05, 0.1) is 4.90 Å².